The second kappa shape index (κ2) is 12.7. The molecular formula is C24H50N2O11S3Si. The summed E-state index contributed by atoms with van der Waals surface area (Å²) in [7, 11) is -15.1. The van der Waals surface area contributed by atoms with Crippen LogP contribution in [0.1, 0.15) is 68.7 Å². The first-order valence-corrected chi connectivity index (χ1v) is 21.3. The van der Waals surface area contributed by atoms with Gasteiger partial charge in [-0.15, -0.1) is 0 Å². The fourth-order valence-electron chi connectivity index (χ4n) is 3.76. The standard InChI is InChI=1S/C24H50N2O11S3Si/c1-22(2,3)35-21(27)26-15-14-17(37-41(12,13)24(7,8)9)20(26)19(25-40(32,33)23(4,5)6)18(36-39(11,30)31)16-34-38(10,28)29/h17-20,25H,14-16H2,1-13H3/t17-,18-,19-,20+/m0/s1. The molecule has 1 amide bonds. The third kappa shape index (κ3) is 11.6. The molecular weight excluding hydrogens is 617 g/mol. The van der Waals surface area contributed by atoms with Gasteiger partial charge < -0.3 is 14.1 Å². The smallest absolute Gasteiger partial charge is 0.410 e. The molecule has 13 nitrogen and oxygen atoms in total. The van der Waals surface area contributed by atoms with E-state index in [0.29, 0.717) is 0 Å². The van der Waals surface area contributed by atoms with Crippen LogP contribution in [0.3, 0.4) is 0 Å². The molecule has 244 valence electrons. The maximum atomic E-state index is 13.5. The number of nitrogens with one attached hydrogen (secondary N) is 1. The topological polar surface area (TPSA) is 172 Å². The van der Waals surface area contributed by atoms with Crippen molar-refractivity contribution < 1.29 is 47.6 Å². The van der Waals surface area contributed by atoms with Crippen LogP contribution in [-0.4, -0.2) is 105 Å². The van der Waals surface area contributed by atoms with Crippen molar-refractivity contribution in [1.82, 2.24) is 9.62 Å². The van der Waals surface area contributed by atoms with Gasteiger partial charge in [0.15, 0.2) is 8.32 Å². The monoisotopic (exact) mass is 666 g/mol. The van der Waals surface area contributed by atoms with E-state index in [1.807, 2.05) is 33.9 Å². The summed E-state index contributed by atoms with van der Waals surface area (Å²) >= 11 is 0. The Morgan fingerprint density at radius 2 is 1.44 bits per heavy atom. The van der Waals surface area contributed by atoms with Crippen LogP contribution in [0.2, 0.25) is 18.1 Å². The molecule has 1 aliphatic heterocycles. The Morgan fingerprint density at radius 1 is 0.927 bits per heavy atom. The number of carbonyl (C=O) groups is 1. The van der Waals surface area contributed by atoms with E-state index < -0.39 is 85.9 Å². The van der Waals surface area contributed by atoms with Crippen LogP contribution >= 0.6 is 0 Å². The van der Waals surface area contributed by atoms with Gasteiger partial charge >= 0.3 is 6.09 Å². The summed E-state index contributed by atoms with van der Waals surface area (Å²) in [6.07, 6.45) is -1.45. The fraction of sp³-hybridized carbons (Fsp3) is 0.958. The number of likely N-dealkylation sites (tertiary alicyclic amines) is 1. The molecule has 1 fully saturated rings. The Balaban J connectivity index is 3.93. The van der Waals surface area contributed by atoms with Gasteiger partial charge in [0, 0.05) is 6.54 Å². The van der Waals surface area contributed by atoms with Crippen molar-refractivity contribution in [2.75, 3.05) is 25.7 Å². The minimum Gasteiger partial charge on any atom is -0.444 e. The first-order chi connectivity index (χ1) is 17.9. The second-order valence-electron chi connectivity index (χ2n) is 14.0. The number of carbonyl (C=O) groups excluding carboxylic acids is 1. The Bertz CT molecular complexity index is 1250. The number of hydrogen-bond acceptors (Lipinski definition) is 11. The van der Waals surface area contributed by atoms with E-state index in [1.54, 1.807) is 20.8 Å². The number of hydrogen-bond donors (Lipinski definition) is 1. The highest BCUT2D eigenvalue weighted by molar-refractivity contribution is 7.90. The lowest BCUT2D eigenvalue weighted by Gasteiger charge is -2.43. The van der Waals surface area contributed by atoms with Crippen LogP contribution < -0.4 is 4.72 Å². The zero-order chi connectivity index (χ0) is 32.6. The summed E-state index contributed by atoms with van der Waals surface area (Å²) in [4.78, 5) is 14.8. The van der Waals surface area contributed by atoms with Crippen molar-refractivity contribution >= 4 is 44.7 Å². The second-order valence-corrected chi connectivity index (χ2v) is 24.4. The minimum absolute atomic E-state index is 0.102. The van der Waals surface area contributed by atoms with E-state index in [1.165, 1.54) is 25.7 Å². The van der Waals surface area contributed by atoms with E-state index in [0.717, 1.165) is 12.5 Å². The maximum Gasteiger partial charge on any atom is 0.410 e. The van der Waals surface area contributed by atoms with Crippen molar-refractivity contribution in [1.29, 1.82) is 0 Å². The average molecular weight is 667 g/mol. The summed E-state index contributed by atoms with van der Waals surface area (Å²) in [5.74, 6) is 0. The summed E-state index contributed by atoms with van der Waals surface area (Å²) in [5.41, 5.74) is -0.900. The van der Waals surface area contributed by atoms with Crippen LogP contribution in [0.15, 0.2) is 0 Å². The fourth-order valence-corrected chi connectivity index (χ4v) is 7.13. The maximum absolute atomic E-state index is 13.5. The van der Waals surface area contributed by atoms with Crippen LogP contribution in [0.25, 0.3) is 0 Å². The molecule has 0 spiro atoms. The van der Waals surface area contributed by atoms with E-state index in [-0.39, 0.29) is 18.0 Å². The predicted octanol–water partition coefficient (Wildman–Crippen LogP) is 2.79. The quantitative estimate of drug-likeness (QED) is 0.254. The lowest BCUT2D eigenvalue weighted by molar-refractivity contribution is -0.000557. The van der Waals surface area contributed by atoms with E-state index in [2.05, 4.69) is 4.72 Å². The summed E-state index contributed by atoms with van der Waals surface area (Å²) in [6, 6.07) is -2.66. The van der Waals surface area contributed by atoms with Gasteiger partial charge in [-0.05, 0) is 66.1 Å². The van der Waals surface area contributed by atoms with Gasteiger partial charge in [0.05, 0.1) is 42.1 Å². The molecule has 1 N–H and O–H groups in total. The molecule has 17 heteroatoms. The number of rotatable bonds is 11. The van der Waals surface area contributed by atoms with Gasteiger partial charge in [-0.2, -0.15) is 16.8 Å². The number of nitrogens with zero attached hydrogens (tertiary/aromatic N) is 1. The zero-order valence-corrected chi connectivity index (χ0v) is 30.0. The molecule has 1 rings (SSSR count). The molecule has 0 aliphatic carbocycles. The Kier molecular flexibility index (Phi) is 11.8. The van der Waals surface area contributed by atoms with Crippen molar-refractivity contribution in [2.24, 2.45) is 0 Å². The van der Waals surface area contributed by atoms with Gasteiger partial charge in [0.25, 0.3) is 20.2 Å². The zero-order valence-electron chi connectivity index (χ0n) is 26.6. The van der Waals surface area contributed by atoms with Crippen molar-refractivity contribution in [2.45, 2.75) is 122 Å². The molecule has 0 saturated carbocycles. The van der Waals surface area contributed by atoms with Gasteiger partial charge in [0.1, 0.15) is 11.7 Å². The van der Waals surface area contributed by atoms with E-state index >= 15 is 0 Å². The molecule has 0 radical (unpaired) electrons. The Morgan fingerprint density at radius 3 is 1.83 bits per heavy atom. The third-order valence-corrected chi connectivity index (χ3v) is 14.7. The lowest BCUT2D eigenvalue weighted by atomic mass is 9.99. The van der Waals surface area contributed by atoms with Crippen LogP contribution in [0.5, 0.6) is 0 Å². The predicted molar refractivity (Wildman–Crippen MR) is 160 cm³/mol. The number of amides is 1. The molecule has 1 aliphatic rings. The minimum atomic E-state index is -4.28. The van der Waals surface area contributed by atoms with Crippen molar-refractivity contribution in [3.63, 3.8) is 0 Å². The molecule has 0 bridgehead atoms. The Hall–Kier alpha value is -0.823. The summed E-state index contributed by atoms with van der Waals surface area (Å²) in [6.45, 7) is 18.6. The van der Waals surface area contributed by atoms with Crippen molar-refractivity contribution in [3.8, 4) is 0 Å². The van der Waals surface area contributed by atoms with Gasteiger partial charge in [0.2, 0.25) is 10.0 Å². The first-order valence-electron chi connectivity index (χ1n) is 13.3. The van der Waals surface area contributed by atoms with E-state index in [4.69, 9.17) is 17.5 Å². The highest BCUT2D eigenvalue weighted by atomic mass is 32.2. The number of sulfonamides is 1. The van der Waals surface area contributed by atoms with Crippen LogP contribution in [0, 0.1) is 0 Å². The Labute approximate surface area is 248 Å². The molecule has 0 aromatic carbocycles. The van der Waals surface area contributed by atoms with Crippen LogP contribution in [0.4, 0.5) is 4.79 Å². The molecule has 0 unspecified atom stereocenters. The molecule has 0 aromatic rings. The molecule has 41 heavy (non-hydrogen) atoms. The first kappa shape index (κ1) is 38.2. The van der Waals surface area contributed by atoms with Gasteiger partial charge in [-0.3, -0.25) is 8.37 Å². The third-order valence-electron chi connectivity index (χ3n) is 6.89. The number of ether oxygens (including phenoxy) is 1. The SMILES string of the molecule is CC(C)(C)OC(=O)N1CC[C@H](O[Si](C)(C)C(C)(C)C)[C@@H]1[C@@H](NS(=O)(=O)C(C)(C)C)[C@H](COS(C)(=O)=O)OS(C)(=O)=O. The molecule has 4 atom stereocenters. The normalized spacial score (nSPS) is 21.5. The van der Waals surface area contributed by atoms with E-state index in [9.17, 15) is 30.0 Å². The summed E-state index contributed by atoms with van der Waals surface area (Å²) < 4.78 is 99.2. The lowest BCUT2D eigenvalue weighted by Crippen LogP contribution is -2.64. The van der Waals surface area contributed by atoms with Crippen molar-refractivity contribution in [3.05, 3.63) is 0 Å². The van der Waals surface area contributed by atoms with Gasteiger partial charge in [-0.25, -0.2) is 17.9 Å². The largest absolute Gasteiger partial charge is 0.444 e. The highest BCUT2D eigenvalue weighted by Crippen LogP contribution is 2.40. The van der Waals surface area contributed by atoms with Gasteiger partial charge in [-0.1, -0.05) is 20.8 Å². The highest BCUT2D eigenvalue weighted by Gasteiger charge is 2.52. The molecule has 1 heterocycles. The summed E-state index contributed by atoms with van der Waals surface area (Å²) in [5, 5.41) is -0.265. The van der Waals surface area contributed by atoms with Crippen LogP contribution in [-0.2, 0) is 47.8 Å². The average Bonchev–Trinajstić information content (AvgIpc) is 3.07. The molecule has 0 aromatic heterocycles. The molecule has 1 saturated heterocycles.